The highest BCUT2D eigenvalue weighted by molar-refractivity contribution is 7.08. The number of amides is 1. The fraction of sp³-hybridized carbons (Fsp3) is 0.357. The van der Waals surface area contributed by atoms with Crippen LogP contribution in [0, 0.1) is 0 Å². The zero-order valence-electron chi connectivity index (χ0n) is 11.6. The Morgan fingerprint density at radius 1 is 1.35 bits per heavy atom. The van der Waals surface area contributed by atoms with Gasteiger partial charge in [0.15, 0.2) is 0 Å². The molecule has 0 fully saturated rings. The van der Waals surface area contributed by atoms with E-state index in [1.807, 2.05) is 45.0 Å². The zero-order chi connectivity index (χ0) is 14.8. The molecule has 1 aromatic heterocycles. The number of anilines is 1. The van der Waals surface area contributed by atoms with Crippen LogP contribution in [0.3, 0.4) is 0 Å². The van der Waals surface area contributed by atoms with Crippen molar-refractivity contribution in [3.8, 4) is 0 Å². The molecule has 0 radical (unpaired) electrons. The number of para-hydroxylation sites is 1. The number of aromatic nitrogens is 2. The van der Waals surface area contributed by atoms with Gasteiger partial charge in [-0.1, -0.05) is 43.5 Å². The van der Waals surface area contributed by atoms with E-state index in [0.29, 0.717) is 16.5 Å². The fourth-order valence-electron chi connectivity index (χ4n) is 1.77. The van der Waals surface area contributed by atoms with E-state index >= 15 is 0 Å². The molecule has 0 atom stereocenters. The van der Waals surface area contributed by atoms with Crippen molar-refractivity contribution in [3.63, 3.8) is 0 Å². The molecule has 4 nitrogen and oxygen atoms in total. The quantitative estimate of drug-likeness (QED) is 0.877. The van der Waals surface area contributed by atoms with E-state index in [-0.39, 0.29) is 11.3 Å². The van der Waals surface area contributed by atoms with Crippen molar-refractivity contribution in [1.29, 1.82) is 0 Å². The van der Waals surface area contributed by atoms with E-state index in [2.05, 4.69) is 14.9 Å². The number of nitrogens with zero attached hydrogens (tertiary/aromatic N) is 2. The molecule has 0 bridgehead atoms. The van der Waals surface area contributed by atoms with Gasteiger partial charge in [-0.3, -0.25) is 4.79 Å². The highest BCUT2D eigenvalue weighted by Gasteiger charge is 2.26. The van der Waals surface area contributed by atoms with Gasteiger partial charge in [0.1, 0.15) is 4.88 Å². The zero-order valence-corrected chi connectivity index (χ0v) is 13.2. The lowest BCUT2D eigenvalue weighted by Crippen LogP contribution is -2.20. The minimum atomic E-state index is -0.217. The van der Waals surface area contributed by atoms with Crippen LogP contribution in [-0.4, -0.2) is 15.5 Å². The van der Waals surface area contributed by atoms with Gasteiger partial charge in [0.05, 0.1) is 5.69 Å². The molecule has 1 heterocycles. The number of halogens is 1. The van der Waals surface area contributed by atoms with Crippen molar-refractivity contribution in [2.75, 3.05) is 5.32 Å². The second-order valence-electron chi connectivity index (χ2n) is 5.45. The number of alkyl halides is 1. The molecule has 0 aliphatic heterocycles. The third-order valence-corrected chi connectivity index (χ3v) is 3.83. The molecule has 2 rings (SSSR count). The molecule has 0 spiro atoms. The van der Waals surface area contributed by atoms with Gasteiger partial charge in [-0.15, -0.1) is 16.7 Å². The first-order chi connectivity index (χ1) is 9.43. The third-order valence-electron chi connectivity index (χ3n) is 2.81. The van der Waals surface area contributed by atoms with E-state index in [1.165, 1.54) is 0 Å². The number of hydrogen-bond donors (Lipinski definition) is 1. The summed E-state index contributed by atoms with van der Waals surface area (Å²) < 4.78 is 3.90. The van der Waals surface area contributed by atoms with Crippen molar-refractivity contribution in [2.24, 2.45) is 0 Å². The lowest BCUT2D eigenvalue weighted by atomic mass is 9.91. The third kappa shape index (κ3) is 3.16. The van der Waals surface area contributed by atoms with Crippen LogP contribution in [-0.2, 0) is 11.3 Å². The molecule has 6 heteroatoms. The van der Waals surface area contributed by atoms with Gasteiger partial charge in [-0.05, 0) is 23.2 Å². The van der Waals surface area contributed by atoms with E-state index < -0.39 is 0 Å². The summed E-state index contributed by atoms with van der Waals surface area (Å²) in [5.41, 5.74) is 2.10. The van der Waals surface area contributed by atoms with Gasteiger partial charge in [-0.25, -0.2) is 0 Å². The van der Waals surface area contributed by atoms with E-state index in [1.54, 1.807) is 0 Å². The van der Waals surface area contributed by atoms with Crippen molar-refractivity contribution < 1.29 is 4.79 Å². The van der Waals surface area contributed by atoms with Crippen LogP contribution in [0.5, 0.6) is 0 Å². The molecule has 0 saturated carbocycles. The lowest BCUT2D eigenvalue weighted by molar-refractivity contribution is 0.102. The number of benzene rings is 1. The molecule has 0 aliphatic rings. The smallest absolute Gasteiger partial charge is 0.269 e. The van der Waals surface area contributed by atoms with Crippen LogP contribution < -0.4 is 5.32 Å². The van der Waals surface area contributed by atoms with Crippen LogP contribution in [0.1, 0.15) is 41.7 Å². The molecule has 2 aromatic rings. The monoisotopic (exact) mass is 309 g/mol. The summed E-state index contributed by atoms with van der Waals surface area (Å²) >= 11 is 6.98. The van der Waals surface area contributed by atoms with Gasteiger partial charge in [0, 0.05) is 17.0 Å². The summed E-state index contributed by atoms with van der Waals surface area (Å²) in [4.78, 5) is 12.9. The largest absolute Gasteiger partial charge is 0.321 e. The number of carbonyl (C=O) groups is 1. The molecular formula is C14H16ClN3OS. The Hall–Kier alpha value is -1.46. The van der Waals surface area contributed by atoms with Gasteiger partial charge >= 0.3 is 0 Å². The summed E-state index contributed by atoms with van der Waals surface area (Å²) in [6.07, 6.45) is 0. The maximum atomic E-state index is 12.4. The molecule has 0 saturated heterocycles. The molecule has 1 N–H and O–H groups in total. The second kappa shape index (κ2) is 5.89. The van der Waals surface area contributed by atoms with Crippen molar-refractivity contribution >= 4 is 34.7 Å². The summed E-state index contributed by atoms with van der Waals surface area (Å²) in [5.74, 6) is 0.159. The van der Waals surface area contributed by atoms with Crippen LogP contribution in [0.4, 0.5) is 5.69 Å². The van der Waals surface area contributed by atoms with Gasteiger partial charge in [0.25, 0.3) is 5.91 Å². The summed E-state index contributed by atoms with van der Waals surface area (Å²) in [6, 6.07) is 7.47. The van der Waals surface area contributed by atoms with Gasteiger partial charge in [-0.2, -0.15) is 0 Å². The number of carbonyl (C=O) groups excluding carboxylic acids is 1. The average molecular weight is 310 g/mol. The Morgan fingerprint density at radius 3 is 2.70 bits per heavy atom. The first-order valence-electron chi connectivity index (χ1n) is 6.21. The van der Waals surface area contributed by atoms with Crippen LogP contribution in [0.15, 0.2) is 24.3 Å². The average Bonchev–Trinajstić information content (AvgIpc) is 2.88. The first kappa shape index (κ1) is 14.9. The normalized spacial score (nSPS) is 11.4. The predicted octanol–water partition coefficient (Wildman–Crippen LogP) is 3.83. The van der Waals surface area contributed by atoms with Crippen molar-refractivity contribution in [2.45, 2.75) is 32.1 Å². The maximum absolute atomic E-state index is 12.4. The Balaban J connectivity index is 2.27. The van der Waals surface area contributed by atoms with Crippen LogP contribution in [0.25, 0.3) is 0 Å². The first-order valence-corrected chi connectivity index (χ1v) is 7.52. The number of hydrogen-bond acceptors (Lipinski definition) is 4. The van der Waals surface area contributed by atoms with Gasteiger partial charge < -0.3 is 5.32 Å². The fourth-order valence-corrected chi connectivity index (χ4v) is 2.77. The van der Waals surface area contributed by atoms with E-state index in [4.69, 9.17) is 11.6 Å². The van der Waals surface area contributed by atoms with Crippen LogP contribution >= 0.6 is 23.1 Å². The minimum Gasteiger partial charge on any atom is -0.321 e. The number of nitrogens with one attached hydrogen (secondary N) is 1. The lowest BCUT2D eigenvalue weighted by Gasteiger charge is -2.16. The Morgan fingerprint density at radius 2 is 2.05 bits per heavy atom. The molecule has 106 valence electrons. The van der Waals surface area contributed by atoms with Gasteiger partial charge in [0.2, 0.25) is 0 Å². The molecule has 1 amide bonds. The summed E-state index contributed by atoms with van der Waals surface area (Å²) in [5, 5.41) is 6.96. The summed E-state index contributed by atoms with van der Waals surface area (Å²) in [6.45, 7) is 6.02. The number of rotatable bonds is 3. The molecule has 20 heavy (non-hydrogen) atoms. The second-order valence-corrected chi connectivity index (χ2v) is 6.47. The Kier molecular flexibility index (Phi) is 4.40. The Labute approximate surface area is 127 Å². The standard InChI is InChI=1S/C14H16ClN3OS/c1-14(2,3)12-11(20-18-17-12)13(19)16-10-7-5-4-6-9(10)8-15/h4-7H,8H2,1-3H3,(H,16,19). The summed E-state index contributed by atoms with van der Waals surface area (Å²) in [7, 11) is 0. The highest BCUT2D eigenvalue weighted by Crippen LogP contribution is 2.27. The van der Waals surface area contributed by atoms with Crippen LogP contribution in [0.2, 0.25) is 0 Å². The minimum absolute atomic E-state index is 0.192. The van der Waals surface area contributed by atoms with Crippen molar-refractivity contribution in [1.82, 2.24) is 9.59 Å². The SMILES string of the molecule is CC(C)(C)c1nnsc1C(=O)Nc1ccccc1CCl. The molecular weight excluding hydrogens is 294 g/mol. The predicted molar refractivity (Wildman–Crippen MR) is 82.6 cm³/mol. The molecule has 0 unspecified atom stereocenters. The van der Waals surface area contributed by atoms with Crippen molar-refractivity contribution in [3.05, 3.63) is 40.4 Å². The topological polar surface area (TPSA) is 54.9 Å². The molecule has 0 aliphatic carbocycles. The molecule has 1 aromatic carbocycles. The Bertz CT molecular complexity index is 619. The van der Waals surface area contributed by atoms with E-state index in [9.17, 15) is 4.79 Å². The maximum Gasteiger partial charge on any atom is 0.269 e. The van der Waals surface area contributed by atoms with E-state index in [0.717, 1.165) is 22.8 Å². The highest BCUT2D eigenvalue weighted by atomic mass is 35.5.